The van der Waals surface area contributed by atoms with Crippen LogP contribution in [0.15, 0.2) is 91.0 Å². The Labute approximate surface area is 202 Å². The summed E-state index contributed by atoms with van der Waals surface area (Å²) in [4.78, 5) is 0. The van der Waals surface area contributed by atoms with Crippen molar-refractivity contribution in [3.8, 4) is 0 Å². The normalized spacial score (nSPS) is 12.9. The monoisotopic (exact) mass is 470 g/mol. The summed E-state index contributed by atoms with van der Waals surface area (Å²) in [6, 6.07) is 33.1. The van der Waals surface area contributed by atoms with Gasteiger partial charge in [-0.2, -0.15) is 0 Å². The van der Waals surface area contributed by atoms with Crippen molar-refractivity contribution in [2.24, 2.45) is 0 Å². The molecule has 9 aromatic rings. The van der Waals surface area contributed by atoms with Gasteiger partial charge in [-0.1, -0.05) is 66.2 Å². The molecule has 0 N–H and O–H groups in total. The largest absolute Gasteiger partial charge is 0.305 e. The number of fused-ring (bicyclic) bond motifs is 12. The number of hydrogen-bond acceptors (Lipinski definition) is 1. The minimum Gasteiger partial charge on any atom is -0.305 e. The fourth-order valence-electron chi connectivity index (χ4n) is 6.22. The Hall–Kier alpha value is -3.79. The lowest BCUT2D eigenvalue weighted by Gasteiger charge is -2.11. The molecule has 0 atom stereocenters. The van der Waals surface area contributed by atoms with Crippen molar-refractivity contribution in [2.75, 3.05) is 0 Å². The predicted octanol–water partition coefficient (Wildman–Crippen LogP) is 9.26. The second-order valence-electron chi connectivity index (χ2n) is 9.11. The predicted molar refractivity (Wildman–Crippen MR) is 147 cm³/mol. The van der Waals surface area contributed by atoms with Crippen LogP contribution < -0.4 is 0 Å². The van der Waals surface area contributed by atoms with Gasteiger partial charge < -0.3 is 8.80 Å². The fourth-order valence-corrected chi connectivity index (χ4v) is 7.61. The Kier molecular flexibility index (Phi) is 3.02. The molecular formula is C30H15ClN2S. The van der Waals surface area contributed by atoms with E-state index in [4.69, 9.17) is 11.6 Å². The Bertz CT molecular complexity index is 2300. The van der Waals surface area contributed by atoms with Crippen LogP contribution in [0.1, 0.15) is 0 Å². The first-order valence-corrected chi connectivity index (χ1v) is 12.6. The Morgan fingerprint density at radius 2 is 1.15 bits per heavy atom. The lowest BCUT2D eigenvalue weighted by molar-refractivity contribution is 1.26. The first kappa shape index (κ1) is 17.7. The molecule has 0 spiro atoms. The van der Waals surface area contributed by atoms with Gasteiger partial charge in [0.15, 0.2) is 0 Å². The molecule has 4 aromatic heterocycles. The van der Waals surface area contributed by atoms with Gasteiger partial charge in [-0.05, 0) is 36.4 Å². The molecule has 158 valence electrons. The van der Waals surface area contributed by atoms with Gasteiger partial charge in [-0.25, -0.2) is 0 Å². The molecule has 2 nitrogen and oxygen atoms in total. The van der Waals surface area contributed by atoms with Crippen molar-refractivity contribution in [1.29, 1.82) is 0 Å². The molecule has 0 bridgehead atoms. The minimum absolute atomic E-state index is 0.786. The van der Waals surface area contributed by atoms with E-state index in [2.05, 4.69) is 93.7 Å². The number of thiophene rings is 1. The van der Waals surface area contributed by atoms with E-state index in [1.165, 1.54) is 74.8 Å². The first-order chi connectivity index (χ1) is 16.8. The van der Waals surface area contributed by atoms with Crippen LogP contribution in [-0.2, 0) is 0 Å². The highest BCUT2D eigenvalue weighted by atomic mass is 35.5. The lowest BCUT2D eigenvalue weighted by Crippen LogP contribution is -1.96. The van der Waals surface area contributed by atoms with E-state index in [-0.39, 0.29) is 0 Å². The highest BCUT2D eigenvalue weighted by Gasteiger charge is 2.22. The van der Waals surface area contributed by atoms with Gasteiger partial charge in [-0.15, -0.1) is 11.3 Å². The number of rotatable bonds is 0. The average Bonchev–Trinajstić information content (AvgIpc) is 3.51. The van der Waals surface area contributed by atoms with Crippen LogP contribution in [0.25, 0.3) is 74.8 Å². The SMILES string of the molecule is Clc1ccc2c(c1)sc1ccc3c4cccc5c4n(c4cccc6c7ccccc7n5c64)c3c12. The molecule has 0 radical (unpaired) electrons. The van der Waals surface area contributed by atoms with Crippen molar-refractivity contribution in [1.82, 2.24) is 8.80 Å². The average molecular weight is 471 g/mol. The van der Waals surface area contributed by atoms with Gasteiger partial charge in [0.2, 0.25) is 0 Å². The number of benzene rings is 5. The lowest BCUT2D eigenvalue weighted by atomic mass is 10.1. The Morgan fingerprint density at radius 3 is 2.03 bits per heavy atom. The maximum Gasteiger partial charge on any atom is 0.0783 e. The van der Waals surface area contributed by atoms with Crippen LogP contribution in [0.5, 0.6) is 0 Å². The number of para-hydroxylation sites is 3. The third-order valence-corrected chi connectivity index (χ3v) is 8.83. The van der Waals surface area contributed by atoms with E-state index in [1.54, 1.807) is 0 Å². The maximum absolute atomic E-state index is 6.36. The summed E-state index contributed by atoms with van der Waals surface area (Å²) in [5.41, 5.74) is 7.59. The summed E-state index contributed by atoms with van der Waals surface area (Å²) < 4.78 is 7.51. The van der Waals surface area contributed by atoms with E-state index in [0.717, 1.165) is 5.02 Å². The first-order valence-electron chi connectivity index (χ1n) is 11.4. The fraction of sp³-hybridized carbons (Fsp3) is 0. The van der Waals surface area contributed by atoms with Crippen LogP contribution in [0.3, 0.4) is 0 Å². The van der Waals surface area contributed by atoms with E-state index in [1.807, 2.05) is 17.4 Å². The van der Waals surface area contributed by atoms with Crippen LogP contribution in [0, 0.1) is 0 Å². The third-order valence-electron chi connectivity index (χ3n) is 7.48. The van der Waals surface area contributed by atoms with Crippen molar-refractivity contribution in [3.63, 3.8) is 0 Å². The number of nitrogens with zero attached hydrogens (tertiary/aromatic N) is 2. The van der Waals surface area contributed by atoms with Crippen LogP contribution in [0.2, 0.25) is 5.02 Å². The van der Waals surface area contributed by atoms with Gasteiger partial charge in [0, 0.05) is 46.7 Å². The molecule has 0 saturated heterocycles. The van der Waals surface area contributed by atoms with Gasteiger partial charge >= 0.3 is 0 Å². The highest BCUT2D eigenvalue weighted by molar-refractivity contribution is 7.26. The molecule has 4 heterocycles. The highest BCUT2D eigenvalue weighted by Crippen LogP contribution is 2.45. The summed E-state index contributed by atoms with van der Waals surface area (Å²) in [7, 11) is 0. The second kappa shape index (κ2) is 5.82. The van der Waals surface area contributed by atoms with E-state index < -0.39 is 0 Å². The summed E-state index contributed by atoms with van der Waals surface area (Å²) in [5, 5.41) is 8.56. The topological polar surface area (TPSA) is 8.82 Å². The minimum atomic E-state index is 0.786. The summed E-state index contributed by atoms with van der Waals surface area (Å²) in [6.45, 7) is 0. The van der Waals surface area contributed by atoms with Gasteiger partial charge in [-0.3, -0.25) is 0 Å². The zero-order chi connectivity index (χ0) is 22.1. The van der Waals surface area contributed by atoms with Crippen molar-refractivity contribution >= 4 is 97.8 Å². The Balaban J connectivity index is 1.71. The van der Waals surface area contributed by atoms with Crippen LogP contribution >= 0.6 is 22.9 Å². The molecule has 0 aliphatic carbocycles. The molecule has 0 amide bonds. The van der Waals surface area contributed by atoms with Gasteiger partial charge in [0.25, 0.3) is 0 Å². The molecule has 9 rings (SSSR count). The molecule has 0 aliphatic heterocycles. The number of aromatic nitrogens is 2. The van der Waals surface area contributed by atoms with Gasteiger partial charge in [0.05, 0.1) is 33.1 Å². The number of hydrogen-bond donors (Lipinski definition) is 0. The molecule has 0 saturated carbocycles. The zero-order valence-electron chi connectivity index (χ0n) is 17.8. The zero-order valence-corrected chi connectivity index (χ0v) is 19.4. The molecule has 4 heteroatoms. The third kappa shape index (κ3) is 1.89. The van der Waals surface area contributed by atoms with Crippen molar-refractivity contribution in [3.05, 3.63) is 96.0 Å². The summed E-state index contributed by atoms with van der Waals surface area (Å²) >= 11 is 8.19. The van der Waals surface area contributed by atoms with Crippen LogP contribution in [-0.4, -0.2) is 8.80 Å². The molecular weight excluding hydrogens is 456 g/mol. The smallest absolute Gasteiger partial charge is 0.0783 e. The molecule has 34 heavy (non-hydrogen) atoms. The quantitative estimate of drug-likeness (QED) is 0.195. The van der Waals surface area contributed by atoms with E-state index in [0.29, 0.717) is 0 Å². The second-order valence-corrected chi connectivity index (χ2v) is 10.6. The molecule has 0 fully saturated rings. The van der Waals surface area contributed by atoms with E-state index >= 15 is 0 Å². The molecule has 0 aliphatic rings. The maximum atomic E-state index is 6.36. The van der Waals surface area contributed by atoms with Crippen LogP contribution in [0.4, 0.5) is 0 Å². The summed E-state index contributed by atoms with van der Waals surface area (Å²) in [5.74, 6) is 0. The molecule has 5 aromatic carbocycles. The van der Waals surface area contributed by atoms with Gasteiger partial charge in [0.1, 0.15) is 0 Å². The van der Waals surface area contributed by atoms with Crippen molar-refractivity contribution < 1.29 is 0 Å². The summed E-state index contributed by atoms with van der Waals surface area (Å²) in [6.07, 6.45) is 0. The standard InChI is InChI=1S/C30H15ClN2S/c31-16-11-12-21-26(15-16)34-25-14-13-20-19-7-4-9-23-29(19)33(30(20)27(21)25)24-10-3-6-18-17-5-1-2-8-22(17)32(23)28(18)24/h1-15H. The number of halogens is 1. The molecule has 0 unspecified atom stereocenters. The van der Waals surface area contributed by atoms with E-state index in [9.17, 15) is 0 Å². The van der Waals surface area contributed by atoms with Crippen molar-refractivity contribution in [2.45, 2.75) is 0 Å². The Morgan fingerprint density at radius 1 is 0.500 bits per heavy atom.